The van der Waals surface area contributed by atoms with Crippen LogP contribution in [0.2, 0.25) is 0 Å². The number of carboxylic acid groups (broad SMARTS) is 1. The standard InChI is InChI=1S/C27H35N3O3/c28-22-13-10-20(11-14-22)18-30-24-9-5-4-8-21(24)16-17-27(29,26(30)33)23(25(31)32)15-12-19-6-2-1-3-7-19/h4-5,8-11,13-14,19,23H,1-3,6-7,12,15-18,28-29H2,(H,31,32)/t23-,27?/m1/s1. The number of hydrogen-bond acceptors (Lipinski definition) is 4. The third-order valence-electron chi connectivity index (χ3n) is 7.56. The molecule has 6 heteroatoms. The van der Waals surface area contributed by atoms with E-state index in [0.29, 0.717) is 37.4 Å². The predicted molar refractivity (Wildman–Crippen MR) is 131 cm³/mol. The fraction of sp³-hybridized carbons (Fsp3) is 0.481. The minimum atomic E-state index is -1.45. The number of amides is 1. The molecule has 1 saturated carbocycles. The molecule has 2 aliphatic rings. The van der Waals surface area contributed by atoms with Gasteiger partial charge in [0.05, 0.1) is 12.5 Å². The summed E-state index contributed by atoms with van der Waals surface area (Å²) in [5.74, 6) is -1.65. The molecule has 33 heavy (non-hydrogen) atoms. The molecule has 5 N–H and O–H groups in total. The van der Waals surface area contributed by atoms with Crippen molar-refractivity contribution in [3.05, 3.63) is 59.7 Å². The van der Waals surface area contributed by atoms with E-state index in [4.69, 9.17) is 11.5 Å². The van der Waals surface area contributed by atoms with Gasteiger partial charge in [0.2, 0.25) is 5.91 Å². The lowest BCUT2D eigenvalue weighted by molar-refractivity contribution is -0.148. The number of hydrogen-bond donors (Lipinski definition) is 3. The zero-order valence-corrected chi connectivity index (χ0v) is 19.2. The van der Waals surface area contributed by atoms with Crippen LogP contribution in [0.15, 0.2) is 48.5 Å². The minimum Gasteiger partial charge on any atom is -0.481 e. The molecular formula is C27H35N3O3. The highest BCUT2D eigenvalue weighted by Crippen LogP contribution is 2.38. The van der Waals surface area contributed by atoms with Gasteiger partial charge in [0.25, 0.3) is 0 Å². The summed E-state index contributed by atoms with van der Waals surface area (Å²) in [4.78, 5) is 28.1. The molecule has 4 rings (SSSR count). The molecule has 2 aromatic carbocycles. The Morgan fingerprint density at radius 2 is 1.79 bits per heavy atom. The second-order valence-corrected chi connectivity index (χ2v) is 9.77. The molecule has 0 aromatic heterocycles. The van der Waals surface area contributed by atoms with Crippen LogP contribution in [0.5, 0.6) is 0 Å². The lowest BCUT2D eigenvalue weighted by atomic mass is 9.75. The van der Waals surface area contributed by atoms with Gasteiger partial charge in [-0.05, 0) is 60.9 Å². The highest BCUT2D eigenvalue weighted by molar-refractivity contribution is 6.03. The molecule has 2 aromatic rings. The topological polar surface area (TPSA) is 110 Å². The quantitative estimate of drug-likeness (QED) is 0.539. The summed E-state index contributed by atoms with van der Waals surface area (Å²) < 4.78 is 0. The first-order valence-electron chi connectivity index (χ1n) is 12.1. The van der Waals surface area contributed by atoms with E-state index >= 15 is 0 Å². The van der Waals surface area contributed by atoms with Gasteiger partial charge in [-0.3, -0.25) is 9.59 Å². The van der Waals surface area contributed by atoms with Gasteiger partial charge in [-0.15, -0.1) is 0 Å². The molecule has 2 atom stereocenters. The van der Waals surface area contributed by atoms with Gasteiger partial charge in [0, 0.05) is 11.4 Å². The number of aliphatic carboxylic acids is 1. The summed E-state index contributed by atoms with van der Waals surface area (Å²) in [6.45, 7) is 0.323. The van der Waals surface area contributed by atoms with Crippen LogP contribution in [0.1, 0.15) is 62.5 Å². The Morgan fingerprint density at radius 1 is 1.09 bits per heavy atom. The Kier molecular flexibility index (Phi) is 7.03. The Balaban J connectivity index is 1.64. The van der Waals surface area contributed by atoms with Crippen LogP contribution in [-0.4, -0.2) is 22.5 Å². The first-order chi connectivity index (χ1) is 15.9. The van der Waals surface area contributed by atoms with Crippen molar-refractivity contribution in [3.8, 4) is 0 Å². The van der Waals surface area contributed by atoms with Crippen LogP contribution in [-0.2, 0) is 22.6 Å². The number of aryl methyl sites for hydroxylation is 1. The third kappa shape index (κ3) is 5.06. The molecular weight excluding hydrogens is 414 g/mol. The average molecular weight is 450 g/mol. The minimum absolute atomic E-state index is 0.305. The van der Waals surface area contributed by atoms with Gasteiger partial charge in [-0.2, -0.15) is 0 Å². The fourth-order valence-corrected chi connectivity index (χ4v) is 5.56. The van der Waals surface area contributed by atoms with E-state index in [2.05, 4.69) is 0 Å². The SMILES string of the molecule is Nc1ccc(CN2C(=O)C(N)([C@H](CCC3CCCCC3)C(=O)O)CCc3ccccc32)cc1. The van der Waals surface area contributed by atoms with Crippen molar-refractivity contribution in [1.29, 1.82) is 0 Å². The molecule has 0 spiro atoms. The van der Waals surface area contributed by atoms with E-state index in [0.717, 1.165) is 36.1 Å². The number of nitrogens with zero attached hydrogens (tertiary/aromatic N) is 1. The first kappa shape index (κ1) is 23.3. The smallest absolute Gasteiger partial charge is 0.308 e. The van der Waals surface area contributed by atoms with Gasteiger partial charge in [0.1, 0.15) is 5.54 Å². The molecule has 0 radical (unpaired) electrons. The van der Waals surface area contributed by atoms with Crippen molar-refractivity contribution < 1.29 is 14.7 Å². The molecule has 1 unspecified atom stereocenters. The van der Waals surface area contributed by atoms with E-state index in [1.54, 1.807) is 4.90 Å². The number of carbonyl (C=O) groups is 2. The molecule has 0 saturated heterocycles. The van der Waals surface area contributed by atoms with Crippen LogP contribution in [0, 0.1) is 11.8 Å². The van der Waals surface area contributed by atoms with Crippen molar-refractivity contribution in [2.75, 3.05) is 10.6 Å². The van der Waals surface area contributed by atoms with Gasteiger partial charge >= 0.3 is 5.97 Å². The Morgan fingerprint density at radius 3 is 2.48 bits per heavy atom. The Hall–Kier alpha value is -2.86. The van der Waals surface area contributed by atoms with Crippen LogP contribution in [0.4, 0.5) is 11.4 Å². The van der Waals surface area contributed by atoms with Gasteiger partial charge < -0.3 is 21.5 Å². The van der Waals surface area contributed by atoms with E-state index in [-0.39, 0.29) is 5.91 Å². The second kappa shape index (κ2) is 9.96. The Labute approximate surface area is 196 Å². The zero-order valence-electron chi connectivity index (χ0n) is 19.2. The van der Waals surface area contributed by atoms with E-state index < -0.39 is 17.4 Å². The number of nitrogens with two attached hydrogens (primary N) is 2. The van der Waals surface area contributed by atoms with Crippen LogP contribution < -0.4 is 16.4 Å². The monoisotopic (exact) mass is 449 g/mol. The van der Waals surface area contributed by atoms with Gasteiger partial charge in [-0.25, -0.2) is 0 Å². The maximum Gasteiger partial charge on any atom is 0.308 e. The summed E-state index contributed by atoms with van der Waals surface area (Å²) in [7, 11) is 0. The lowest BCUT2D eigenvalue weighted by Crippen LogP contribution is -2.61. The molecule has 1 aliphatic heterocycles. The van der Waals surface area contributed by atoms with Crippen molar-refractivity contribution in [2.45, 2.75) is 69.9 Å². The average Bonchev–Trinajstić information content (AvgIpc) is 2.92. The number of benzene rings is 2. The maximum absolute atomic E-state index is 14.0. The van der Waals surface area contributed by atoms with Crippen molar-refractivity contribution >= 4 is 23.3 Å². The molecule has 6 nitrogen and oxygen atoms in total. The number of rotatable bonds is 7. The summed E-state index contributed by atoms with van der Waals surface area (Å²) in [5.41, 5.74) is 14.6. The third-order valence-corrected chi connectivity index (χ3v) is 7.56. The van der Waals surface area contributed by atoms with E-state index in [9.17, 15) is 14.7 Å². The predicted octanol–water partition coefficient (Wildman–Crippen LogP) is 4.51. The molecule has 1 heterocycles. The van der Waals surface area contributed by atoms with Crippen LogP contribution in [0.25, 0.3) is 0 Å². The number of carbonyl (C=O) groups excluding carboxylic acids is 1. The summed E-state index contributed by atoms with van der Waals surface area (Å²) >= 11 is 0. The maximum atomic E-state index is 14.0. The van der Waals surface area contributed by atoms with Crippen LogP contribution in [0.3, 0.4) is 0 Å². The summed E-state index contributed by atoms with van der Waals surface area (Å²) in [6, 6.07) is 15.2. The van der Waals surface area contributed by atoms with Crippen molar-refractivity contribution in [3.63, 3.8) is 0 Å². The van der Waals surface area contributed by atoms with Gasteiger partial charge in [0.15, 0.2) is 0 Å². The van der Waals surface area contributed by atoms with Crippen LogP contribution >= 0.6 is 0 Å². The fourth-order valence-electron chi connectivity index (χ4n) is 5.56. The number of nitrogen functional groups attached to an aromatic ring is 1. The number of carboxylic acids is 1. The normalized spacial score (nSPS) is 22.5. The lowest BCUT2D eigenvalue weighted by Gasteiger charge is -2.37. The number of fused-ring (bicyclic) bond motifs is 1. The summed E-state index contributed by atoms with van der Waals surface area (Å²) in [5, 5.41) is 10.2. The largest absolute Gasteiger partial charge is 0.481 e. The molecule has 1 amide bonds. The van der Waals surface area contributed by atoms with Crippen molar-refractivity contribution in [1.82, 2.24) is 0 Å². The molecule has 1 aliphatic carbocycles. The first-order valence-corrected chi connectivity index (χ1v) is 12.1. The molecule has 0 bridgehead atoms. The van der Waals surface area contributed by atoms with Gasteiger partial charge in [-0.1, -0.05) is 62.4 Å². The van der Waals surface area contributed by atoms with E-state index in [1.165, 1.54) is 19.3 Å². The van der Waals surface area contributed by atoms with E-state index in [1.807, 2.05) is 48.5 Å². The highest BCUT2D eigenvalue weighted by Gasteiger charge is 2.49. The van der Waals surface area contributed by atoms with Crippen molar-refractivity contribution in [2.24, 2.45) is 17.6 Å². The Bertz CT molecular complexity index is 984. The highest BCUT2D eigenvalue weighted by atomic mass is 16.4. The summed E-state index contributed by atoms with van der Waals surface area (Å²) in [6.07, 6.45) is 8.12. The molecule has 176 valence electrons. The molecule has 1 fully saturated rings. The second-order valence-electron chi connectivity index (χ2n) is 9.77. The number of para-hydroxylation sites is 1. The number of anilines is 2. The zero-order chi connectivity index (χ0) is 23.4.